The summed E-state index contributed by atoms with van der Waals surface area (Å²) in [6, 6.07) is 10.2. The summed E-state index contributed by atoms with van der Waals surface area (Å²) < 4.78 is 12.0. The minimum Gasteiger partial charge on any atom is -0.493 e. The average Bonchev–Trinajstić information content (AvgIpc) is 3.67. The van der Waals surface area contributed by atoms with Crippen molar-refractivity contribution in [2.45, 2.75) is 70.2 Å². The highest BCUT2D eigenvalue weighted by Crippen LogP contribution is 2.47. The fourth-order valence-electron chi connectivity index (χ4n) is 5.60. The van der Waals surface area contributed by atoms with Crippen molar-refractivity contribution in [2.24, 2.45) is 5.41 Å². The summed E-state index contributed by atoms with van der Waals surface area (Å²) in [4.78, 5) is 21.3. The molecule has 3 fully saturated rings. The number of methoxy groups -OCH3 is 1. The zero-order chi connectivity index (χ0) is 26.3. The third kappa shape index (κ3) is 5.01. The lowest BCUT2D eigenvalue weighted by molar-refractivity contribution is -0.139. The van der Waals surface area contributed by atoms with E-state index >= 15 is 0 Å². The minimum atomic E-state index is -1.02. The molecule has 0 spiro atoms. The van der Waals surface area contributed by atoms with Gasteiger partial charge in [0.1, 0.15) is 18.0 Å². The molecule has 5 rings (SSSR count). The number of ether oxygens (including phenoxy) is 2. The van der Waals surface area contributed by atoms with Gasteiger partial charge >= 0.3 is 0 Å². The molecule has 2 N–H and O–H groups in total. The molecule has 0 radical (unpaired) electrons. The topological polar surface area (TPSA) is 95.4 Å². The Morgan fingerprint density at radius 3 is 2.46 bits per heavy atom. The lowest BCUT2D eigenvalue weighted by atomic mass is 9.72. The Hall–Kier alpha value is -2.84. The Labute approximate surface area is 219 Å². The zero-order valence-corrected chi connectivity index (χ0v) is 22.3. The van der Waals surface area contributed by atoms with Gasteiger partial charge in [-0.2, -0.15) is 0 Å². The lowest BCUT2D eigenvalue weighted by Crippen LogP contribution is -2.54. The largest absolute Gasteiger partial charge is 0.493 e. The predicted molar refractivity (Wildman–Crippen MR) is 141 cm³/mol. The first kappa shape index (κ1) is 25.8. The van der Waals surface area contributed by atoms with E-state index in [1.54, 1.807) is 25.9 Å². The van der Waals surface area contributed by atoms with Gasteiger partial charge in [0, 0.05) is 30.6 Å². The molecule has 1 saturated carbocycles. The number of hydrogen-bond donors (Lipinski definition) is 2. The minimum absolute atomic E-state index is 0.0126. The Morgan fingerprint density at radius 1 is 1.14 bits per heavy atom. The lowest BCUT2D eigenvalue weighted by Gasteiger charge is -2.40. The van der Waals surface area contributed by atoms with E-state index in [9.17, 15) is 15.0 Å². The summed E-state index contributed by atoms with van der Waals surface area (Å²) in [5.74, 6) is 2.60. The Kier molecular flexibility index (Phi) is 7.07. The third-order valence-electron chi connectivity index (χ3n) is 8.54. The van der Waals surface area contributed by atoms with Crippen LogP contribution in [0.2, 0.25) is 0 Å². The monoisotopic (exact) mass is 509 g/mol. The van der Waals surface area contributed by atoms with Crippen LogP contribution in [-0.4, -0.2) is 77.6 Å². The van der Waals surface area contributed by atoms with Crippen molar-refractivity contribution < 1.29 is 24.5 Å². The van der Waals surface area contributed by atoms with Gasteiger partial charge in [0.05, 0.1) is 26.3 Å². The summed E-state index contributed by atoms with van der Waals surface area (Å²) in [5, 5.41) is 20.9. The summed E-state index contributed by atoms with van der Waals surface area (Å²) >= 11 is 0. The SMILES string of the molecule is CC[C@H](O)C(=O)N1C[C@@H](c2ccc(OC)c(OC3CN(c4ccc(C5CC5)cn4)C3)c2)[C@](C)([C@@H](C)O)C1. The van der Waals surface area contributed by atoms with Gasteiger partial charge in [-0.3, -0.25) is 4.79 Å². The number of amides is 1. The van der Waals surface area contributed by atoms with Crippen LogP contribution in [0, 0.1) is 5.41 Å². The van der Waals surface area contributed by atoms with Crippen LogP contribution in [0.25, 0.3) is 0 Å². The van der Waals surface area contributed by atoms with E-state index in [1.807, 2.05) is 31.3 Å². The molecule has 1 aromatic heterocycles. The number of aliphatic hydroxyl groups is 2. The van der Waals surface area contributed by atoms with E-state index in [4.69, 9.17) is 9.47 Å². The van der Waals surface area contributed by atoms with Crippen molar-refractivity contribution in [3.05, 3.63) is 47.7 Å². The van der Waals surface area contributed by atoms with Crippen LogP contribution in [-0.2, 0) is 4.79 Å². The molecule has 4 atom stereocenters. The molecule has 0 unspecified atom stereocenters. The molecule has 0 bridgehead atoms. The first-order chi connectivity index (χ1) is 17.7. The predicted octanol–water partition coefficient (Wildman–Crippen LogP) is 3.32. The number of aromatic nitrogens is 1. The second-order valence-corrected chi connectivity index (χ2v) is 11.2. The quantitative estimate of drug-likeness (QED) is 0.535. The Morgan fingerprint density at radius 2 is 1.86 bits per heavy atom. The molecule has 1 aliphatic carbocycles. The van der Waals surface area contributed by atoms with Gasteiger partial charge in [-0.05, 0) is 61.4 Å². The summed E-state index contributed by atoms with van der Waals surface area (Å²) in [5.41, 5.74) is 1.76. The number of aliphatic hydroxyl groups excluding tert-OH is 2. The van der Waals surface area contributed by atoms with Crippen LogP contribution in [0.4, 0.5) is 5.82 Å². The van der Waals surface area contributed by atoms with E-state index in [0.29, 0.717) is 36.9 Å². The molecule has 1 aromatic carbocycles. The molecule has 8 nitrogen and oxygen atoms in total. The summed E-state index contributed by atoms with van der Waals surface area (Å²) in [7, 11) is 1.63. The molecule has 8 heteroatoms. The number of pyridine rings is 1. The van der Waals surface area contributed by atoms with E-state index in [2.05, 4.69) is 22.0 Å². The van der Waals surface area contributed by atoms with Crippen LogP contribution in [0.15, 0.2) is 36.5 Å². The maximum absolute atomic E-state index is 12.8. The maximum atomic E-state index is 12.8. The normalized spacial score (nSPS) is 25.5. The van der Waals surface area contributed by atoms with Crippen molar-refractivity contribution in [3.63, 3.8) is 0 Å². The molecule has 200 valence electrons. The number of rotatable bonds is 9. The van der Waals surface area contributed by atoms with Gasteiger partial charge in [0.25, 0.3) is 5.91 Å². The Balaban J connectivity index is 1.30. The first-order valence-corrected chi connectivity index (χ1v) is 13.4. The first-order valence-electron chi connectivity index (χ1n) is 13.4. The van der Waals surface area contributed by atoms with Crippen LogP contribution in [0.5, 0.6) is 11.5 Å². The third-order valence-corrected chi connectivity index (χ3v) is 8.54. The molecule has 2 aliphatic heterocycles. The number of carbonyl (C=O) groups is 1. The van der Waals surface area contributed by atoms with Crippen molar-refractivity contribution >= 4 is 11.7 Å². The number of carbonyl (C=O) groups excluding carboxylic acids is 1. The summed E-state index contributed by atoms with van der Waals surface area (Å²) in [6.45, 7) is 7.87. The number of hydrogen-bond acceptors (Lipinski definition) is 7. The molecule has 1 amide bonds. The van der Waals surface area contributed by atoms with Crippen molar-refractivity contribution in [3.8, 4) is 11.5 Å². The molecular weight excluding hydrogens is 470 g/mol. The number of nitrogens with zero attached hydrogens (tertiary/aromatic N) is 3. The zero-order valence-electron chi connectivity index (χ0n) is 22.3. The Bertz CT molecular complexity index is 1110. The van der Waals surface area contributed by atoms with Gasteiger partial charge in [0.2, 0.25) is 0 Å². The molecule has 2 aromatic rings. The van der Waals surface area contributed by atoms with Crippen LogP contribution in [0.1, 0.15) is 63.0 Å². The highest BCUT2D eigenvalue weighted by atomic mass is 16.5. The van der Waals surface area contributed by atoms with Gasteiger partial charge in [-0.1, -0.05) is 26.0 Å². The highest BCUT2D eigenvalue weighted by Gasteiger charge is 2.49. The number of anilines is 1. The van der Waals surface area contributed by atoms with Crippen LogP contribution >= 0.6 is 0 Å². The van der Waals surface area contributed by atoms with Crippen molar-refractivity contribution in [1.82, 2.24) is 9.88 Å². The fraction of sp³-hybridized carbons (Fsp3) is 0.586. The molecule has 2 saturated heterocycles. The molecule has 3 heterocycles. The van der Waals surface area contributed by atoms with E-state index in [-0.39, 0.29) is 17.9 Å². The van der Waals surface area contributed by atoms with Gasteiger partial charge in [0.15, 0.2) is 11.5 Å². The van der Waals surface area contributed by atoms with Gasteiger partial charge in [-0.25, -0.2) is 4.98 Å². The maximum Gasteiger partial charge on any atom is 0.251 e. The molecule has 37 heavy (non-hydrogen) atoms. The number of benzene rings is 1. The highest BCUT2D eigenvalue weighted by molar-refractivity contribution is 5.81. The van der Waals surface area contributed by atoms with Gasteiger partial charge < -0.3 is 29.5 Å². The van der Waals surface area contributed by atoms with Crippen LogP contribution in [0.3, 0.4) is 0 Å². The van der Waals surface area contributed by atoms with E-state index in [1.165, 1.54) is 18.4 Å². The van der Waals surface area contributed by atoms with Crippen LogP contribution < -0.4 is 14.4 Å². The second kappa shape index (κ2) is 10.1. The number of likely N-dealkylation sites (tertiary alicyclic amines) is 1. The van der Waals surface area contributed by atoms with E-state index in [0.717, 1.165) is 24.5 Å². The smallest absolute Gasteiger partial charge is 0.251 e. The van der Waals surface area contributed by atoms with E-state index < -0.39 is 17.6 Å². The van der Waals surface area contributed by atoms with Crippen molar-refractivity contribution in [2.75, 3.05) is 38.2 Å². The molecular formula is C29H39N3O5. The molecule has 3 aliphatic rings. The van der Waals surface area contributed by atoms with Crippen molar-refractivity contribution in [1.29, 1.82) is 0 Å². The standard InChI is InChI=1S/C29H39N3O5/c1-5-24(34)28(35)32-16-23(29(3,17-32)18(2)33)20-8-10-25(36-4)26(12-20)37-22-14-31(15-22)27-11-9-21(13-30-27)19-6-7-19/h8-13,18-19,22-24,33-34H,5-7,14-17H2,1-4H3/t18-,23+,24+,29+/m1/s1. The fourth-order valence-corrected chi connectivity index (χ4v) is 5.60. The summed E-state index contributed by atoms with van der Waals surface area (Å²) in [6.07, 6.45) is 3.26. The average molecular weight is 510 g/mol. The van der Waals surface area contributed by atoms with Gasteiger partial charge in [-0.15, -0.1) is 0 Å². The second-order valence-electron chi connectivity index (χ2n) is 11.2.